The summed E-state index contributed by atoms with van der Waals surface area (Å²) in [5, 5.41) is 0. The van der Waals surface area contributed by atoms with Crippen LogP contribution in [0.25, 0.3) is 0 Å². The lowest BCUT2D eigenvalue weighted by molar-refractivity contribution is -0.119. The molecule has 0 atom stereocenters. The molecule has 0 aliphatic heterocycles. The van der Waals surface area contributed by atoms with Gasteiger partial charge in [-0.3, -0.25) is 14.5 Å². The quantitative estimate of drug-likeness (QED) is 0.466. The fourth-order valence-electron chi connectivity index (χ4n) is 1.82. The van der Waals surface area contributed by atoms with Gasteiger partial charge in [0.2, 0.25) is 0 Å². The highest BCUT2D eigenvalue weighted by Crippen LogP contribution is 2.24. The number of nitrogens with zero attached hydrogens (tertiary/aromatic N) is 1. The zero-order valence-electron chi connectivity index (χ0n) is 11.4. The van der Waals surface area contributed by atoms with Crippen LogP contribution in [0.3, 0.4) is 0 Å². The molecule has 2 rings (SSSR count). The van der Waals surface area contributed by atoms with Gasteiger partial charge in [0.1, 0.15) is 6.54 Å². The van der Waals surface area contributed by atoms with E-state index in [2.05, 4.69) is 15.9 Å². The number of para-hydroxylation sites is 1. The lowest BCUT2D eigenvalue weighted by atomic mass is 10.3. The number of nitrogens with one attached hydrogen (secondary N) is 1. The predicted molar refractivity (Wildman–Crippen MR) is 87.4 cm³/mol. The van der Waals surface area contributed by atoms with Crippen molar-refractivity contribution in [1.82, 2.24) is 5.43 Å². The molecule has 0 bridgehead atoms. The Morgan fingerprint density at radius 2 is 1.68 bits per heavy atom. The van der Waals surface area contributed by atoms with Crippen LogP contribution in [-0.4, -0.2) is 20.9 Å². The number of rotatable bonds is 5. The van der Waals surface area contributed by atoms with Crippen molar-refractivity contribution in [2.24, 2.45) is 5.84 Å². The van der Waals surface area contributed by atoms with Gasteiger partial charge in [-0.25, -0.2) is 14.3 Å². The van der Waals surface area contributed by atoms with Gasteiger partial charge in [0.15, 0.2) is 0 Å². The minimum absolute atomic E-state index is 0.0874. The molecule has 1 amide bonds. The molecule has 0 saturated carbocycles. The third-order valence-electron chi connectivity index (χ3n) is 2.89. The normalized spacial score (nSPS) is 11.0. The third-order valence-corrected chi connectivity index (χ3v) is 5.21. The summed E-state index contributed by atoms with van der Waals surface area (Å²) in [6.07, 6.45) is 0. The summed E-state index contributed by atoms with van der Waals surface area (Å²) in [6.45, 7) is -0.404. The van der Waals surface area contributed by atoms with Crippen molar-refractivity contribution in [3.05, 3.63) is 59.1 Å². The van der Waals surface area contributed by atoms with E-state index >= 15 is 0 Å². The van der Waals surface area contributed by atoms with E-state index in [1.165, 1.54) is 12.1 Å². The van der Waals surface area contributed by atoms with Crippen LogP contribution < -0.4 is 15.6 Å². The molecule has 6 nitrogen and oxygen atoms in total. The zero-order chi connectivity index (χ0) is 16.2. The molecule has 0 fully saturated rings. The van der Waals surface area contributed by atoms with E-state index in [9.17, 15) is 13.2 Å². The monoisotopic (exact) mass is 383 g/mol. The summed E-state index contributed by atoms with van der Waals surface area (Å²) in [6, 6.07) is 14.6. The van der Waals surface area contributed by atoms with E-state index in [0.717, 1.165) is 8.78 Å². The molecule has 0 aliphatic rings. The average molecular weight is 384 g/mol. The molecule has 0 saturated heterocycles. The molecule has 2 aromatic carbocycles. The lowest BCUT2D eigenvalue weighted by Crippen LogP contribution is -2.43. The standard InChI is InChI=1S/C14H14BrN3O3S/c15-11-6-8-13(9-7-11)22(20,21)18(10-14(19)17-16)12-4-2-1-3-5-12/h1-9H,10,16H2,(H,17,19). The Morgan fingerprint density at radius 3 is 2.23 bits per heavy atom. The minimum Gasteiger partial charge on any atom is -0.293 e. The highest BCUT2D eigenvalue weighted by Gasteiger charge is 2.26. The van der Waals surface area contributed by atoms with Crippen LogP contribution in [0.2, 0.25) is 0 Å². The first-order valence-corrected chi connectivity index (χ1v) is 8.51. The van der Waals surface area contributed by atoms with Gasteiger partial charge < -0.3 is 0 Å². The van der Waals surface area contributed by atoms with Crippen LogP contribution in [0.1, 0.15) is 0 Å². The maximum absolute atomic E-state index is 12.8. The highest BCUT2D eigenvalue weighted by atomic mass is 79.9. The first-order chi connectivity index (χ1) is 10.4. The van der Waals surface area contributed by atoms with Crippen molar-refractivity contribution in [2.45, 2.75) is 4.90 Å². The van der Waals surface area contributed by atoms with E-state index in [0.29, 0.717) is 5.69 Å². The van der Waals surface area contributed by atoms with E-state index in [4.69, 9.17) is 5.84 Å². The van der Waals surface area contributed by atoms with E-state index in [1.807, 2.05) is 5.43 Å². The van der Waals surface area contributed by atoms with Gasteiger partial charge in [-0.05, 0) is 36.4 Å². The van der Waals surface area contributed by atoms with E-state index in [1.54, 1.807) is 42.5 Å². The molecule has 0 aromatic heterocycles. The first kappa shape index (κ1) is 16.5. The van der Waals surface area contributed by atoms with Crippen molar-refractivity contribution in [1.29, 1.82) is 0 Å². The third kappa shape index (κ3) is 3.65. The summed E-state index contributed by atoms with van der Waals surface area (Å²) in [7, 11) is -3.88. The van der Waals surface area contributed by atoms with E-state index < -0.39 is 22.5 Å². The summed E-state index contributed by atoms with van der Waals surface area (Å²) < 4.78 is 27.3. The van der Waals surface area contributed by atoms with Gasteiger partial charge in [0.05, 0.1) is 10.6 Å². The second-order valence-corrected chi connectivity index (χ2v) is 7.15. The molecule has 8 heteroatoms. The Balaban J connectivity index is 2.47. The van der Waals surface area contributed by atoms with Crippen molar-refractivity contribution in [3.63, 3.8) is 0 Å². The molecule has 116 valence electrons. The molecule has 3 N–H and O–H groups in total. The molecule has 0 unspecified atom stereocenters. The summed E-state index contributed by atoms with van der Waals surface area (Å²) in [4.78, 5) is 11.7. The topological polar surface area (TPSA) is 92.5 Å². The van der Waals surface area contributed by atoms with Gasteiger partial charge >= 0.3 is 0 Å². The molecule has 0 heterocycles. The van der Waals surface area contributed by atoms with Crippen LogP contribution in [0.4, 0.5) is 5.69 Å². The fourth-order valence-corrected chi connectivity index (χ4v) is 3.50. The number of hydrogen-bond acceptors (Lipinski definition) is 4. The lowest BCUT2D eigenvalue weighted by Gasteiger charge is -2.23. The van der Waals surface area contributed by atoms with Gasteiger partial charge in [-0.15, -0.1) is 0 Å². The number of carbonyl (C=O) groups is 1. The molecule has 2 aromatic rings. The van der Waals surface area contributed by atoms with Crippen LogP contribution in [0, 0.1) is 0 Å². The second kappa shape index (κ2) is 6.91. The number of sulfonamides is 1. The number of nitrogens with two attached hydrogens (primary N) is 1. The number of carbonyl (C=O) groups excluding carboxylic acids is 1. The van der Waals surface area contributed by atoms with Gasteiger partial charge in [-0.2, -0.15) is 0 Å². The van der Waals surface area contributed by atoms with Crippen LogP contribution >= 0.6 is 15.9 Å². The first-order valence-electron chi connectivity index (χ1n) is 6.28. The molecule has 0 radical (unpaired) electrons. The summed E-state index contributed by atoms with van der Waals surface area (Å²) >= 11 is 3.26. The van der Waals surface area contributed by atoms with Crippen LogP contribution in [0.5, 0.6) is 0 Å². The number of amides is 1. The molecular formula is C14H14BrN3O3S. The summed E-state index contributed by atoms with van der Waals surface area (Å²) in [5.74, 6) is 4.47. The van der Waals surface area contributed by atoms with Crippen LogP contribution in [-0.2, 0) is 14.8 Å². The SMILES string of the molecule is NNC(=O)CN(c1ccccc1)S(=O)(=O)c1ccc(Br)cc1. The van der Waals surface area contributed by atoms with Gasteiger partial charge in [-0.1, -0.05) is 34.1 Å². The Labute approximate surface area is 137 Å². The molecular weight excluding hydrogens is 370 g/mol. The number of hydrazine groups is 1. The highest BCUT2D eigenvalue weighted by molar-refractivity contribution is 9.10. The smallest absolute Gasteiger partial charge is 0.264 e. The molecule has 0 aliphatic carbocycles. The van der Waals surface area contributed by atoms with Crippen LogP contribution in [0.15, 0.2) is 64.0 Å². The second-order valence-electron chi connectivity index (χ2n) is 4.37. The predicted octanol–water partition coefficient (Wildman–Crippen LogP) is 1.63. The van der Waals surface area contributed by atoms with Gasteiger partial charge in [0.25, 0.3) is 15.9 Å². The number of anilines is 1. The Bertz CT molecular complexity index is 749. The Morgan fingerprint density at radius 1 is 1.09 bits per heavy atom. The van der Waals surface area contributed by atoms with E-state index in [-0.39, 0.29) is 4.90 Å². The van der Waals surface area contributed by atoms with Crippen molar-refractivity contribution in [2.75, 3.05) is 10.8 Å². The fraction of sp³-hybridized carbons (Fsp3) is 0.0714. The van der Waals surface area contributed by atoms with Crippen molar-refractivity contribution >= 4 is 37.5 Å². The van der Waals surface area contributed by atoms with Gasteiger partial charge in [0, 0.05) is 4.47 Å². The maximum Gasteiger partial charge on any atom is 0.264 e. The average Bonchev–Trinajstić information content (AvgIpc) is 2.53. The molecule has 22 heavy (non-hydrogen) atoms. The zero-order valence-corrected chi connectivity index (χ0v) is 13.8. The van der Waals surface area contributed by atoms with Crippen molar-refractivity contribution < 1.29 is 13.2 Å². The van der Waals surface area contributed by atoms with Crippen molar-refractivity contribution in [3.8, 4) is 0 Å². The molecule has 0 spiro atoms. The number of halogens is 1. The minimum atomic E-state index is -3.88. The Hall–Kier alpha value is -1.90. The summed E-state index contributed by atoms with van der Waals surface area (Å²) in [5.41, 5.74) is 2.33. The maximum atomic E-state index is 12.8. The largest absolute Gasteiger partial charge is 0.293 e. The number of benzene rings is 2. The number of hydrogen-bond donors (Lipinski definition) is 2. The Kier molecular flexibility index (Phi) is 5.17.